The van der Waals surface area contributed by atoms with Gasteiger partial charge >= 0.3 is 0 Å². The van der Waals surface area contributed by atoms with Crippen molar-refractivity contribution in [1.82, 2.24) is 5.48 Å². The second-order valence-corrected chi connectivity index (χ2v) is 9.02. The third kappa shape index (κ3) is 4.12. The number of ether oxygens (including phenoxy) is 1. The number of amides is 1. The Morgan fingerprint density at radius 1 is 1.03 bits per heavy atom. The topological polar surface area (TPSA) is 119 Å². The predicted octanol–water partition coefficient (Wildman–Crippen LogP) is 3.44. The molecule has 0 saturated carbocycles. The van der Waals surface area contributed by atoms with Crippen molar-refractivity contribution in [1.29, 1.82) is 0 Å². The fourth-order valence-corrected chi connectivity index (χ4v) is 5.33. The Bertz CT molecular complexity index is 1220. The lowest BCUT2D eigenvalue weighted by Crippen LogP contribution is -2.26. The number of carbonyl (C=O) groups excluding carboxylic acids is 1. The highest BCUT2D eigenvalue weighted by molar-refractivity contribution is 7.91. The molecule has 0 aromatic heterocycles. The Kier molecular flexibility index (Phi) is 6.33. The monoisotopic (exact) mass is 440 g/mol. The van der Waals surface area contributed by atoms with Gasteiger partial charge in [0, 0.05) is 5.69 Å². The van der Waals surface area contributed by atoms with Gasteiger partial charge in [-0.1, -0.05) is 30.3 Å². The Labute approximate surface area is 181 Å². The summed E-state index contributed by atoms with van der Waals surface area (Å²) in [6.07, 6.45) is 0.269. The van der Waals surface area contributed by atoms with E-state index in [0.29, 0.717) is 16.9 Å². The van der Waals surface area contributed by atoms with Crippen LogP contribution in [0.15, 0.2) is 64.4 Å². The molecule has 0 bridgehead atoms. The molecule has 0 aliphatic carbocycles. The molecular formula is C23H24N2O5S. The number of benzene rings is 3. The molecule has 0 aliphatic heterocycles. The average molecular weight is 441 g/mol. The van der Waals surface area contributed by atoms with Crippen molar-refractivity contribution in [3.05, 3.63) is 82.4 Å². The maximum absolute atomic E-state index is 13.6. The zero-order valence-corrected chi connectivity index (χ0v) is 18.3. The Hall–Kier alpha value is -3.36. The number of hydrogen-bond donors (Lipinski definition) is 3. The molecule has 1 amide bonds. The third-order valence-electron chi connectivity index (χ3n) is 5.32. The van der Waals surface area contributed by atoms with Gasteiger partial charge < -0.3 is 10.5 Å². The first kappa shape index (κ1) is 22.3. The molecule has 3 aromatic rings. The quantitative estimate of drug-likeness (QED) is 0.307. The number of methoxy groups -OCH3 is 1. The van der Waals surface area contributed by atoms with Gasteiger partial charge in [-0.2, -0.15) is 0 Å². The minimum Gasteiger partial charge on any atom is -0.497 e. The molecule has 31 heavy (non-hydrogen) atoms. The van der Waals surface area contributed by atoms with E-state index in [-0.39, 0.29) is 33.0 Å². The minimum atomic E-state index is -4.14. The van der Waals surface area contributed by atoms with E-state index in [1.807, 2.05) is 30.3 Å². The first-order chi connectivity index (χ1) is 14.7. The summed E-state index contributed by atoms with van der Waals surface area (Å²) in [5.74, 6) is -0.415. The number of nitrogens with two attached hydrogens (primary N) is 1. The zero-order chi connectivity index (χ0) is 22.8. The molecular weight excluding hydrogens is 416 g/mol. The van der Waals surface area contributed by atoms with E-state index in [0.717, 1.165) is 5.56 Å². The standard InChI is InChI=1S/C23H24N2O5S/c1-14-19(13-16-7-5-4-6-8-16)20(23(26)25-27)22(15(2)21(14)24)31(28,29)18-11-9-17(30-3)10-12-18/h4-12,27H,13,24H2,1-3H3,(H,25,26). The highest BCUT2D eigenvalue weighted by Crippen LogP contribution is 2.37. The molecule has 0 unspecified atom stereocenters. The molecule has 0 saturated heterocycles. The van der Waals surface area contributed by atoms with Gasteiger partial charge in [0.05, 0.1) is 22.5 Å². The van der Waals surface area contributed by atoms with Gasteiger partial charge in [-0.15, -0.1) is 0 Å². The molecule has 3 rings (SSSR count). The van der Waals surface area contributed by atoms with Gasteiger partial charge in [-0.25, -0.2) is 13.9 Å². The Morgan fingerprint density at radius 3 is 2.19 bits per heavy atom. The Balaban J connectivity index is 2.34. The molecule has 0 spiro atoms. The largest absolute Gasteiger partial charge is 0.497 e. The van der Waals surface area contributed by atoms with Gasteiger partial charge in [0.25, 0.3) is 5.91 Å². The number of hydrogen-bond acceptors (Lipinski definition) is 6. The predicted molar refractivity (Wildman–Crippen MR) is 117 cm³/mol. The molecule has 0 heterocycles. The van der Waals surface area contributed by atoms with Gasteiger partial charge in [0.15, 0.2) is 0 Å². The smallest absolute Gasteiger partial charge is 0.276 e. The molecule has 4 N–H and O–H groups in total. The van der Waals surface area contributed by atoms with Gasteiger partial charge in [0.1, 0.15) is 5.75 Å². The van der Waals surface area contributed by atoms with E-state index < -0.39 is 15.7 Å². The molecule has 0 atom stereocenters. The number of sulfone groups is 1. The van der Waals surface area contributed by atoms with Crippen LogP contribution in [0.25, 0.3) is 0 Å². The zero-order valence-electron chi connectivity index (χ0n) is 17.5. The fourth-order valence-electron chi connectivity index (χ4n) is 3.60. The molecule has 0 fully saturated rings. The number of nitrogen functional groups attached to an aromatic ring is 1. The fraction of sp³-hybridized carbons (Fsp3) is 0.174. The van der Waals surface area contributed by atoms with E-state index in [9.17, 15) is 18.4 Å². The van der Waals surface area contributed by atoms with E-state index in [1.165, 1.54) is 31.4 Å². The summed E-state index contributed by atoms with van der Waals surface area (Å²) in [4.78, 5) is 12.5. The summed E-state index contributed by atoms with van der Waals surface area (Å²) in [6.45, 7) is 3.29. The van der Waals surface area contributed by atoms with E-state index >= 15 is 0 Å². The average Bonchev–Trinajstić information content (AvgIpc) is 2.79. The summed E-state index contributed by atoms with van der Waals surface area (Å²) >= 11 is 0. The SMILES string of the molecule is COc1ccc(S(=O)(=O)c2c(C)c(N)c(C)c(Cc3ccccc3)c2C(=O)NO)cc1. The van der Waals surface area contributed by atoms with Crippen LogP contribution < -0.4 is 16.0 Å². The van der Waals surface area contributed by atoms with Crippen LogP contribution in [0, 0.1) is 13.8 Å². The highest BCUT2D eigenvalue weighted by atomic mass is 32.2. The second kappa shape index (κ2) is 8.79. The Morgan fingerprint density at radius 2 is 1.65 bits per heavy atom. The molecule has 0 radical (unpaired) electrons. The van der Waals surface area contributed by atoms with Crippen molar-refractivity contribution >= 4 is 21.4 Å². The van der Waals surface area contributed by atoms with Crippen molar-refractivity contribution in [3.8, 4) is 5.75 Å². The number of nitrogens with one attached hydrogen (secondary N) is 1. The molecule has 8 heteroatoms. The van der Waals surface area contributed by atoms with Crippen molar-refractivity contribution in [2.75, 3.05) is 12.8 Å². The number of anilines is 1. The van der Waals surface area contributed by atoms with Crippen LogP contribution in [-0.2, 0) is 16.3 Å². The number of hydroxylamine groups is 1. The summed E-state index contributed by atoms with van der Waals surface area (Å²) in [5, 5.41) is 9.42. The first-order valence-electron chi connectivity index (χ1n) is 9.51. The molecule has 0 aliphatic rings. The van der Waals surface area contributed by atoms with Crippen LogP contribution in [0.2, 0.25) is 0 Å². The van der Waals surface area contributed by atoms with E-state index in [2.05, 4.69) is 0 Å². The third-order valence-corrected chi connectivity index (χ3v) is 7.26. The molecule has 3 aromatic carbocycles. The van der Waals surface area contributed by atoms with Gasteiger partial charge in [-0.05, 0) is 66.8 Å². The van der Waals surface area contributed by atoms with Crippen molar-refractivity contribution in [2.24, 2.45) is 0 Å². The van der Waals surface area contributed by atoms with Crippen molar-refractivity contribution in [2.45, 2.75) is 30.1 Å². The van der Waals surface area contributed by atoms with Gasteiger partial charge in [-0.3, -0.25) is 10.0 Å². The lowest BCUT2D eigenvalue weighted by atomic mass is 9.91. The number of rotatable bonds is 6. The maximum Gasteiger partial charge on any atom is 0.276 e. The highest BCUT2D eigenvalue weighted by Gasteiger charge is 2.32. The van der Waals surface area contributed by atoms with E-state index in [4.69, 9.17) is 10.5 Å². The summed E-state index contributed by atoms with van der Waals surface area (Å²) < 4.78 is 32.3. The van der Waals surface area contributed by atoms with Crippen LogP contribution >= 0.6 is 0 Å². The van der Waals surface area contributed by atoms with Gasteiger partial charge in [0.2, 0.25) is 9.84 Å². The summed E-state index contributed by atoms with van der Waals surface area (Å²) in [7, 11) is -2.66. The molecule has 162 valence electrons. The second-order valence-electron chi connectivity index (χ2n) is 7.13. The van der Waals surface area contributed by atoms with Crippen LogP contribution in [0.5, 0.6) is 5.75 Å². The maximum atomic E-state index is 13.6. The number of carbonyl (C=O) groups is 1. The van der Waals surface area contributed by atoms with E-state index in [1.54, 1.807) is 19.3 Å². The van der Waals surface area contributed by atoms with Crippen LogP contribution in [0.4, 0.5) is 5.69 Å². The summed E-state index contributed by atoms with van der Waals surface area (Å²) in [6, 6.07) is 15.2. The van der Waals surface area contributed by atoms with Crippen LogP contribution in [0.3, 0.4) is 0 Å². The van der Waals surface area contributed by atoms with Crippen molar-refractivity contribution in [3.63, 3.8) is 0 Å². The van der Waals surface area contributed by atoms with Crippen LogP contribution in [0.1, 0.15) is 32.6 Å². The lowest BCUT2D eigenvalue weighted by molar-refractivity contribution is 0.0701. The molecule has 7 nitrogen and oxygen atoms in total. The first-order valence-corrected chi connectivity index (χ1v) is 11.0. The normalized spacial score (nSPS) is 11.2. The van der Waals surface area contributed by atoms with Crippen LogP contribution in [-0.4, -0.2) is 26.6 Å². The van der Waals surface area contributed by atoms with Crippen molar-refractivity contribution < 1.29 is 23.2 Å². The summed E-state index contributed by atoms with van der Waals surface area (Å²) in [5.41, 5.74) is 10.2. The minimum absolute atomic E-state index is 0.0164. The lowest BCUT2D eigenvalue weighted by Gasteiger charge is -2.21.